The second kappa shape index (κ2) is 7.41. The van der Waals surface area contributed by atoms with Crippen LogP contribution in [0.2, 0.25) is 10.0 Å². The molecular formula is C18H13Cl2N7O. The van der Waals surface area contributed by atoms with Crippen molar-refractivity contribution < 1.29 is 4.79 Å². The fourth-order valence-corrected chi connectivity index (χ4v) is 2.91. The number of benzene rings is 2. The Bertz CT molecular complexity index is 1150. The summed E-state index contributed by atoms with van der Waals surface area (Å²) in [4.78, 5) is 20.9. The number of carbonyl (C=O) groups is 1. The van der Waals surface area contributed by atoms with E-state index in [1.54, 1.807) is 48.0 Å². The predicted octanol–water partition coefficient (Wildman–Crippen LogP) is 3.92. The Morgan fingerprint density at radius 1 is 1.07 bits per heavy atom. The van der Waals surface area contributed by atoms with Crippen LogP contribution in [-0.2, 0) is 0 Å². The lowest BCUT2D eigenvalue weighted by Gasteiger charge is -2.02. The Hall–Kier alpha value is -3.23. The van der Waals surface area contributed by atoms with Gasteiger partial charge in [-0.05, 0) is 43.3 Å². The molecule has 0 unspecified atom stereocenters. The number of rotatable bonds is 4. The largest absolute Gasteiger partial charge is 0.297 e. The normalized spacial score (nSPS) is 10.8. The minimum Gasteiger partial charge on any atom is -0.286 e. The summed E-state index contributed by atoms with van der Waals surface area (Å²) in [5.74, 6) is 0.563. The molecule has 4 aromatic rings. The summed E-state index contributed by atoms with van der Waals surface area (Å²) in [5, 5.41) is 14.7. The third-order valence-corrected chi connectivity index (χ3v) is 4.46. The Kier molecular flexibility index (Phi) is 4.81. The molecule has 0 atom stereocenters. The molecule has 0 saturated carbocycles. The number of nitrogens with zero attached hydrogens (tertiary/aromatic N) is 5. The number of hydrogen-bond donors (Lipinski definition) is 2. The molecule has 28 heavy (non-hydrogen) atoms. The number of amides is 1. The van der Waals surface area contributed by atoms with Crippen LogP contribution >= 0.6 is 23.2 Å². The molecule has 0 spiro atoms. The van der Waals surface area contributed by atoms with Gasteiger partial charge in [-0.15, -0.1) is 10.2 Å². The highest BCUT2D eigenvalue weighted by Crippen LogP contribution is 2.25. The van der Waals surface area contributed by atoms with Gasteiger partial charge in [-0.2, -0.15) is 4.98 Å². The van der Waals surface area contributed by atoms with Crippen molar-refractivity contribution in [3.05, 3.63) is 70.2 Å². The lowest BCUT2D eigenvalue weighted by Crippen LogP contribution is -2.15. The second-order valence-corrected chi connectivity index (χ2v) is 6.66. The van der Waals surface area contributed by atoms with Gasteiger partial charge in [0, 0.05) is 10.6 Å². The highest BCUT2D eigenvalue weighted by molar-refractivity contribution is 6.33. The van der Waals surface area contributed by atoms with Crippen LogP contribution in [0.15, 0.2) is 48.5 Å². The number of anilines is 1. The van der Waals surface area contributed by atoms with Crippen molar-refractivity contribution in [1.29, 1.82) is 0 Å². The minimum atomic E-state index is -0.527. The molecule has 10 heteroatoms. The molecule has 0 radical (unpaired) electrons. The Morgan fingerprint density at radius 2 is 1.82 bits per heavy atom. The van der Waals surface area contributed by atoms with E-state index in [1.807, 2.05) is 12.1 Å². The number of hydrogen-bond acceptors (Lipinski definition) is 5. The maximum Gasteiger partial charge on any atom is 0.297 e. The van der Waals surface area contributed by atoms with E-state index < -0.39 is 5.91 Å². The van der Waals surface area contributed by atoms with Gasteiger partial charge in [-0.1, -0.05) is 35.3 Å². The minimum absolute atomic E-state index is 0.00320. The van der Waals surface area contributed by atoms with Crippen LogP contribution in [0.3, 0.4) is 0 Å². The topological polar surface area (TPSA) is 101 Å². The van der Waals surface area contributed by atoms with Crippen LogP contribution in [0.5, 0.6) is 0 Å². The van der Waals surface area contributed by atoms with Crippen LogP contribution in [0.1, 0.15) is 16.4 Å². The number of carbonyl (C=O) groups excluding carboxylic acids is 1. The number of nitrogens with one attached hydrogen (secondary N) is 2. The zero-order valence-corrected chi connectivity index (χ0v) is 16.0. The van der Waals surface area contributed by atoms with E-state index in [1.165, 1.54) is 0 Å². The third-order valence-electron chi connectivity index (χ3n) is 3.88. The van der Waals surface area contributed by atoms with Crippen LogP contribution in [0.4, 0.5) is 5.95 Å². The van der Waals surface area contributed by atoms with Crippen molar-refractivity contribution in [3.63, 3.8) is 0 Å². The Labute approximate surface area is 169 Å². The van der Waals surface area contributed by atoms with Gasteiger partial charge in [0.1, 0.15) is 5.82 Å². The molecule has 4 rings (SSSR count). The van der Waals surface area contributed by atoms with Crippen molar-refractivity contribution in [2.24, 2.45) is 0 Å². The molecule has 2 aromatic carbocycles. The summed E-state index contributed by atoms with van der Waals surface area (Å²) in [6.07, 6.45) is 0. The summed E-state index contributed by atoms with van der Waals surface area (Å²) in [6, 6.07) is 14.2. The quantitative estimate of drug-likeness (QED) is 0.527. The van der Waals surface area contributed by atoms with Crippen molar-refractivity contribution >= 4 is 35.1 Å². The third kappa shape index (κ3) is 3.60. The first-order valence-corrected chi connectivity index (χ1v) is 8.95. The number of halogens is 2. The molecule has 0 fully saturated rings. The molecule has 8 nitrogen and oxygen atoms in total. The van der Waals surface area contributed by atoms with E-state index in [4.69, 9.17) is 23.2 Å². The van der Waals surface area contributed by atoms with Gasteiger partial charge >= 0.3 is 0 Å². The average molecular weight is 414 g/mol. The van der Waals surface area contributed by atoms with Gasteiger partial charge in [0.2, 0.25) is 11.8 Å². The maximum absolute atomic E-state index is 12.5. The van der Waals surface area contributed by atoms with Crippen LogP contribution in [0.25, 0.3) is 17.1 Å². The van der Waals surface area contributed by atoms with Crippen LogP contribution in [0, 0.1) is 6.92 Å². The Balaban J connectivity index is 1.54. The number of aromatic nitrogens is 6. The first-order valence-electron chi connectivity index (χ1n) is 8.19. The molecule has 2 aromatic heterocycles. The fraction of sp³-hybridized carbons (Fsp3) is 0.0556. The molecule has 0 bridgehead atoms. The number of aromatic amines is 1. The predicted molar refractivity (Wildman–Crippen MR) is 106 cm³/mol. The number of H-pyrrole nitrogens is 1. The smallest absolute Gasteiger partial charge is 0.286 e. The van der Waals surface area contributed by atoms with Gasteiger partial charge in [0.15, 0.2) is 5.82 Å². The van der Waals surface area contributed by atoms with E-state index in [0.29, 0.717) is 27.3 Å². The van der Waals surface area contributed by atoms with Crippen molar-refractivity contribution in [2.45, 2.75) is 6.92 Å². The van der Waals surface area contributed by atoms with Gasteiger partial charge in [-0.3, -0.25) is 15.2 Å². The number of aryl methyl sites for hydroxylation is 1. The van der Waals surface area contributed by atoms with Crippen molar-refractivity contribution in [3.8, 4) is 17.1 Å². The zero-order chi connectivity index (χ0) is 19.7. The van der Waals surface area contributed by atoms with E-state index in [-0.39, 0.29) is 11.8 Å². The molecule has 2 N–H and O–H groups in total. The van der Waals surface area contributed by atoms with Crippen LogP contribution < -0.4 is 5.32 Å². The first-order chi connectivity index (χ1) is 13.5. The molecule has 0 aliphatic heterocycles. The van der Waals surface area contributed by atoms with E-state index in [2.05, 4.69) is 30.6 Å². The van der Waals surface area contributed by atoms with Gasteiger partial charge in [0.25, 0.3) is 5.91 Å². The van der Waals surface area contributed by atoms with Gasteiger partial charge in [0.05, 0.1) is 10.7 Å². The molecular weight excluding hydrogens is 401 g/mol. The highest BCUT2D eigenvalue weighted by Gasteiger charge is 2.18. The molecule has 0 aliphatic rings. The van der Waals surface area contributed by atoms with E-state index in [9.17, 15) is 4.79 Å². The standard InChI is InChI=1S/C18H13Cl2N7O/c1-10-21-16(26-27(10)12-8-6-11(19)7-9-12)17(28)23-18-22-15(24-25-18)13-4-2-3-5-14(13)20/h2-9H,1H3,(H2,22,23,24,25,28). The first kappa shape index (κ1) is 18.1. The summed E-state index contributed by atoms with van der Waals surface area (Å²) < 4.78 is 1.55. The molecule has 0 saturated heterocycles. The summed E-state index contributed by atoms with van der Waals surface area (Å²) in [7, 11) is 0. The molecule has 2 heterocycles. The monoisotopic (exact) mass is 413 g/mol. The lowest BCUT2D eigenvalue weighted by molar-refractivity contribution is 0.101. The van der Waals surface area contributed by atoms with E-state index >= 15 is 0 Å². The van der Waals surface area contributed by atoms with Crippen molar-refractivity contribution in [2.75, 3.05) is 5.32 Å². The van der Waals surface area contributed by atoms with Gasteiger partial charge < -0.3 is 0 Å². The average Bonchev–Trinajstić information content (AvgIpc) is 3.30. The highest BCUT2D eigenvalue weighted by atomic mass is 35.5. The maximum atomic E-state index is 12.5. The molecule has 0 aliphatic carbocycles. The second-order valence-electron chi connectivity index (χ2n) is 5.81. The molecule has 1 amide bonds. The van der Waals surface area contributed by atoms with Crippen LogP contribution in [-0.4, -0.2) is 35.9 Å². The van der Waals surface area contributed by atoms with Crippen molar-refractivity contribution in [1.82, 2.24) is 29.9 Å². The molecule has 140 valence electrons. The lowest BCUT2D eigenvalue weighted by atomic mass is 10.2. The summed E-state index contributed by atoms with van der Waals surface area (Å²) in [5.41, 5.74) is 1.42. The Morgan fingerprint density at radius 3 is 2.57 bits per heavy atom. The van der Waals surface area contributed by atoms with E-state index in [0.717, 1.165) is 5.69 Å². The summed E-state index contributed by atoms with van der Waals surface area (Å²) >= 11 is 12.1. The van der Waals surface area contributed by atoms with Gasteiger partial charge in [-0.25, -0.2) is 9.67 Å². The zero-order valence-electron chi connectivity index (χ0n) is 14.5. The SMILES string of the molecule is Cc1nc(C(=O)Nc2n[nH]c(-c3ccccc3Cl)n2)nn1-c1ccc(Cl)cc1. The fourth-order valence-electron chi connectivity index (χ4n) is 2.56. The summed E-state index contributed by atoms with van der Waals surface area (Å²) in [6.45, 7) is 1.75.